The van der Waals surface area contributed by atoms with Gasteiger partial charge in [-0.05, 0) is 21.8 Å². The van der Waals surface area contributed by atoms with E-state index >= 15 is 0 Å². The average molecular weight is 383 g/mol. The van der Waals surface area contributed by atoms with Crippen molar-refractivity contribution in [2.75, 3.05) is 13.7 Å². The maximum atomic E-state index is 11.2. The Morgan fingerprint density at radius 3 is 1.89 bits per heavy atom. The Bertz CT molecular complexity index is 694. The summed E-state index contributed by atoms with van der Waals surface area (Å²) in [7, 11) is -1.06. The third-order valence-corrected chi connectivity index (χ3v) is 9.74. The Morgan fingerprint density at radius 1 is 0.926 bits per heavy atom. The van der Waals surface area contributed by atoms with Gasteiger partial charge in [0.2, 0.25) is 0 Å². The molecule has 0 saturated heterocycles. The predicted octanol–water partition coefficient (Wildman–Crippen LogP) is 4.07. The quantitative estimate of drug-likeness (QED) is 0.299. The van der Waals surface area contributed by atoms with E-state index in [2.05, 4.69) is 74.0 Å². The molecule has 0 spiro atoms. The average Bonchev–Trinajstić information content (AvgIpc) is 2.67. The molecule has 2 aromatic carbocycles. The highest BCUT2D eigenvalue weighted by atomic mass is 28.4. The van der Waals surface area contributed by atoms with Gasteiger partial charge in [0, 0.05) is 6.61 Å². The van der Waals surface area contributed by atoms with Gasteiger partial charge in [0.25, 0.3) is 8.32 Å². The van der Waals surface area contributed by atoms with E-state index in [1.54, 1.807) is 0 Å². The molecule has 2 rings (SSSR count). The lowest BCUT2D eigenvalue weighted by Gasteiger charge is -2.43. The minimum atomic E-state index is -2.46. The zero-order chi connectivity index (χ0) is 19.8. The van der Waals surface area contributed by atoms with E-state index in [1.807, 2.05) is 24.3 Å². The first-order valence-electron chi connectivity index (χ1n) is 9.38. The number of rotatable bonds is 8. The van der Waals surface area contributed by atoms with Gasteiger partial charge < -0.3 is 9.16 Å². The van der Waals surface area contributed by atoms with Crippen LogP contribution < -0.4 is 10.4 Å². The molecule has 0 aromatic heterocycles. The summed E-state index contributed by atoms with van der Waals surface area (Å²) in [5, 5.41) is 2.54. The minimum Gasteiger partial charge on any atom is -0.469 e. The molecule has 0 bridgehead atoms. The monoisotopic (exact) mass is 382 g/mol. The molecule has 0 atom stereocenters. The normalized spacial score (nSPS) is 12.3. The van der Waals surface area contributed by atoms with Crippen LogP contribution >= 0.6 is 0 Å². The van der Waals surface area contributed by atoms with Crippen molar-refractivity contribution in [2.24, 2.45) is 0 Å². The molecule has 144 valence electrons. The van der Waals surface area contributed by atoms with Crippen LogP contribution in [0.4, 0.5) is 0 Å². The first-order chi connectivity index (χ1) is 12.9. The number of ether oxygens (including phenoxy) is 1. The van der Waals surface area contributed by atoms with Crippen LogP contribution in [0.3, 0.4) is 0 Å². The molecule has 2 aromatic rings. The summed E-state index contributed by atoms with van der Waals surface area (Å²) in [5.41, 5.74) is 0. The highest BCUT2D eigenvalue weighted by molar-refractivity contribution is 6.99. The number of methoxy groups -OCH3 is 1. The van der Waals surface area contributed by atoms with Crippen LogP contribution in [0, 0.1) is 0 Å². The lowest BCUT2D eigenvalue weighted by Crippen LogP contribution is -2.66. The molecule has 0 aliphatic rings. The van der Waals surface area contributed by atoms with Gasteiger partial charge in [-0.1, -0.05) is 93.6 Å². The maximum Gasteiger partial charge on any atom is 0.309 e. The van der Waals surface area contributed by atoms with E-state index in [0.717, 1.165) is 6.42 Å². The van der Waals surface area contributed by atoms with Crippen molar-refractivity contribution >= 4 is 24.7 Å². The second kappa shape index (κ2) is 9.67. The standard InChI is InChI=1S/C23H30O3Si/c1-23(2,3)27(20-14-8-5-9-15-20,21-16-10-6-11-17-21)26-19-13-7-12-18-22(24)25-4/h5-12,14-17H,13,18-19H2,1-4H3/b12-7+. The SMILES string of the molecule is COC(=O)C/C=C/CCO[Si](c1ccccc1)(c1ccccc1)C(C)(C)C. The summed E-state index contributed by atoms with van der Waals surface area (Å²) in [6.07, 6.45) is 4.91. The van der Waals surface area contributed by atoms with Gasteiger partial charge in [-0.15, -0.1) is 0 Å². The van der Waals surface area contributed by atoms with E-state index < -0.39 is 8.32 Å². The van der Waals surface area contributed by atoms with Crippen molar-refractivity contribution in [3.63, 3.8) is 0 Å². The topological polar surface area (TPSA) is 35.5 Å². The van der Waals surface area contributed by atoms with Gasteiger partial charge in [-0.3, -0.25) is 4.79 Å². The first kappa shape index (κ1) is 21.1. The van der Waals surface area contributed by atoms with Crippen LogP contribution in [0.2, 0.25) is 5.04 Å². The van der Waals surface area contributed by atoms with Crippen molar-refractivity contribution in [2.45, 2.75) is 38.7 Å². The third kappa shape index (κ3) is 5.18. The fourth-order valence-electron chi connectivity index (χ4n) is 3.42. The van der Waals surface area contributed by atoms with E-state index in [0.29, 0.717) is 13.0 Å². The molecule has 0 aliphatic carbocycles. The largest absolute Gasteiger partial charge is 0.469 e. The lowest BCUT2D eigenvalue weighted by atomic mass is 10.2. The van der Waals surface area contributed by atoms with Crippen LogP contribution in [0.15, 0.2) is 72.8 Å². The summed E-state index contributed by atoms with van der Waals surface area (Å²) in [6, 6.07) is 21.2. The summed E-state index contributed by atoms with van der Waals surface area (Å²) >= 11 is 0. The zero-order valence-electron chi connectivity index (χ0n) is 16.8. The van der Waals surface area contributed by atoms with Crippen LogP contribution in [0.1, 0.15) is 33.6 Å². The van der Waals surface area contributed by atoms with Gasteiger partial charge in [0.15, 0.2) is 0 Å². The molecule has 0 amide bonds. The van der Waals surface area contributed by atoms with Crippen molar-refractivity contribution in [3.8, 4) is 0 Å². The highest BCUT2D eigenvalue weighted by Crippen LogP contribution is 2.36. The van der Waals surface area contributed by atoms with E-state index in [-0.39, 0.29) is 11.0 Å². The van der Waals surface area contributed by atoms with Crippen LogP contribution in [0.5, 0.6) is 0 Å². The number of carbonyl (C=O) groups excluding carboxylic acids is 1. The van der Waals surface area contributed by atoms with E-state index in [4.69, 9.17) is 4.43 Å². The Balaban J connectivity index is 2.29. The Labute approximate surface area is 164 Å². The van der Waals surface area contributed by atoms with Gasteiger partial charge in [0.05, 0.1) is 13.5 Å². The molecule has 0 fully saturated rings. The van der Waals surface area contributed by atoms with Crippen molar-refractivity contribution in [1.82, 2.24) is 0 Å². The maximum absolute atomic E-state index is 11.2. The molecule has 4 heteroatoms. The fraction of sp³-hybridized carbons (Fsp3) is 0.348. The first-order valence-corrected chi connectivity index (χ1v) is 11.3. The summed E-state index contributed by atoms with van der Waals surface area (Å²) in [4.78, 5) is 11.2. The second-order valence-electron chi connectivity index (χ2n) is 7.55. The summed E-state index contributed by atoms with van der Waals surface area (Å²) in [6.45, 7) is 7.43. The van der Waals surface area contributed by atoms with Crippen molar-refractivity contribution in [3.05, 3.63) is 72.8 Å². The lowest BCUT2D eigenvalue weighted by molar-refractivity contribution is -0.139. The molecular formula is C23H30O3Si. The number of benzene rings is 2. The molecule has 0 heterocycles. The molecule has 3 nitrogen and oxygen atoms in total. The molecule has 0 unspecified atom stereocenters. The molecule has 0 radical (unpaired) electrons. The highest BCUT2D eigenvalue weighted by Gasteiger charge is 2.49. The van der Waals surface area contributed by atoms with Crippen molar-refractivity contribution < 1.29 is 14.0 Å². The molecule has 27 heavy (non-hydrogen) atoms. The van der Waals surface area contributed by atoms with E-state index in [9.17, 15) is 4.79 Å². The molecule has 0 N–H and O–H groups in total. The zero-order valence-corrected chi connectivity index (χ0v) is 17.8. The smallest absolute Gasteiger partial charge is 0.309 e. The minimum absolute atomic E-state index is 0.0224. The third-order valence-electron chi connectivity index (χ3n) is 4.70. The second-order valence-corrected chi connectivity index (χ2v) is 11.9. The van der Waals surface area contributed by atoms with Crippen LogP contribution in [-0.2, 0) is 14.0 Å². The van der Waals surface area contributed by atoms with Crippen LogP contribution in [0.25, 0.3) is 0 Å². The molecule has 0 aliphatic heterocycles. The summed E-state index contributed by atoms with van der Waals surface area (Å²) in [5.74, 6) is -0.223. The van der Waals surface area contributed by atoms with Crippen LogP contribution in [-0.4, -0.2) is 28.0 Å². The van der Waals surface area contributed by atoms with Gasteiger partial charge in [0.1, 0.15) is 0 Å². The van der Waals surface area contributed by atoms with Gasteiger partial charge >= 0.3 is 5.97 Å². The van der Waals surface area contributed by atoms with E-state index in [1.165, 1.54) is 17.5 Å². The number of hydrogen-bond acceptors (Lipinski definition) is 3. The number of carbonyl (C=O) groups is 1. The molecular weight excluding hydrogens is 352 g/mol. The predicted molar refractivity (Wildman–Crippen MR) is 114 cm³/mol. The number of esters is 1. The Hall–Kier alpha value is -2.17. The number of hydrogen-bond donors (Lipinski definition) is 0. The van der Waals surface area contributed by atoms with Gasteiger partial charge in [-0.25, -0.2) is 0 Å². The molecule has 0 saturated carbocycles. The Kier molecular flexibility index (Phi) is 7.57. The van der Waals surface area contributed by atoms with Crippen molar-refractivity contribution in [1.29, 1.82) is 0 Å². The fourth-order valence-corrected chi connectivity index (χ4v) is 8.00. The Morgan fingerprint density at radius 2 is 1.44 bits per heavy atom. The summed E-state index contributed by atoms with van der Waals surface area (Å²) < 4.78 is 11.4. The van der Waals surface area contributed by atoms with Gasteiger partial charge in [-0.2, -0.15) is 0 Å².